The van der Waals surface area contributed by atoms with Crippen LogP contribution in [-0.2, 0) is 6.18 Å². The average molecular weight is 397 g/mol. The molecular weight excluding hydrogens is 383 g/mol. The molecule has 0 atom stereocenters. The van der Waals surface area contributed by atoms with Gasteiger partial charge in [-0.15, -0.1) is 5.10 Å². The molecular formula is C20H14F3N5O. The summed E-state index contributed by atoms with van der Waals surface area (Å²) in [5, 5.41) is 12.9. The SMILES string of the molecule is Cc1ccc(NC(=O)c2cccc(-c3ccc4n[nH]nc4n3)c2)cc1C(F)(F)F. The molecule has 0 aliphatic heterocycles. The number of aromatic amines is 1. The Labute approximate surface area is 162 Å². The van der Waals surface area contributed by atoms with Gasteiger partial charge in [0.1, 0.15) is 5.52 Å². The Morgan fingerprint density at radius 1 is 1.03 bits per heavy atom. The number of alkyl halides is 3. The number of carbonyl (C=O) groups is 1. The van der Waals surface area contributed by atoms with Crippen LogP contribution in [0.4, 0.5) is 18.9 Å². The second-order valence-electron chi connectivity index (χ2n) is 6.43. The smallest absolute Gasteiger partial charge is 0.322 e. The largest absolute Gasteiger partial charge is 0.416 e. The molecule has 0 aliphatic carbocycles. The number of hydrogen-bond acceptors (Lipinski definition) is 4. The predicted octanol–water partition coefficient (Wildman–Crippen LogP) is 4.60. The van der Waals surface area contributed by atoms with Crippen LogP contribution in [0.15, 0.2) is 54.6 Å². The Hall–Kier alpha value is -3.75. The molecule has 9 heteroatoms. The number of amides is 1. The van der Waals surface area contributed by atoms with Crippen molar-refractivity contribution in [1.82, 2.24) is 20.4 Å². The number of rotatable bonds is 3. The minimum absolute atomic E-state index is 0.0699. The fourth-order valence-corrected chi connectivity index (χ4v) is 2.93. The van der Waals surface area contributed by atoms with Crippen molar-refractivity contribution in [2.45, 2.75) is 13.1 Å². The number of benzene rings is 2. The van der Waals surface area contributed by atoms with Crippen molar-refractivity contribution in [2.75, 3.05) is 5.32 Å². The lowest BCUT2D eigenvalue weighted by molar-refractivity contribution is -0.138. The number of nitrogens with one attached hydrogen (secondary N) is 2. The van der Waals surface area contributed by atoms with Crippen LogP contribution in [0.3, 0.4) is 0 Å². The molecule has 0 saturated heterocycles. The van der Waals surface area contributed by atoms with Gasteiger partial charge in [-0.3, -0.25) is 4.79 Å². The molecule has 0 saturated carbocycles. The number of halogens is 3. The topological polar surface area (TPSA) is 83.6 Å². The van der Waals surface area contributed by atoms with Gasteiger partial charge >= 0.3 is 6.18 Å². The van der Waals surface area contributed by atoms with E-state index in [-0.39, 0.29) is 11.3 Å². The molecule has 2 heterocycles. The lowest BCUT2D eigenvalue weighted by Gasteiger charge is -2.13. The van der Waals surface area contributed by atoms with Gasteiger partial charge in [0.25, 0.3) is 5.91 Å². The Balaban J connectivity index is 1.61. The number of pyridine rings is 1. The molecule has 2 aromatic carbocycles. The highest BCUT2D eigenvalue weighted by Gasteiger charge is 2.32. The Bertz CT molecular complexity index is 1220. The zero-order chi connectivity index (χ0) is 20.6. The monoisotopic (exact) mass is 397 g/mol. The summed E-state index contributed by atoms with van der Waals surface area (Å²) in [5.74, 6) is -0.522. The molecule has 0 aliphatic rings. The van der Waals surface area contributed by atoms with E-state index in [1.807, 2.05) is 0 Å². The first-order chi connectivity index (χ1) is 13.8. The maximum absolute atomic E-state index is 13.1. The van der Waals surface area contributed by atoms with Crippen molar-refractivity contribution >= 4 is 22.8 Å². The number of aromatic nitrogens is 4. The normalized spacial score (nSPS) is 11.6. The van der Waals surface area contributed by atoms with E-state index in [0.717, 1.165) is 6.07 Å². The molecule has 0 unspecified atom stereocenters. The highest BCUT2D eigenvalue weighted by atomic mass is 19.4. The molecule has 0 spiro atoms. The lowest BCUT2D eigenvalue weighted by Crippen LogP contribution is -2.14. The Morgan fingerprint density at radius 2 is 1.86 bits per heavy atom. The fourth-order valence-electron chi connectivity index (χ4n) is 2.93. The minimum Gasteiger partial charge on any atom is -0.322 e. The van der Waals surface area contributed by atoms with Gasteiger partial charge in [0.05, 0.1) is 11.3 Å². The summed E-state index contributed by atoms with van der Waals surface area (Å²) in [6, 6.07) is 13.8. The fraction of sp³-hybridized carbons (Fsp3) is 0.100. The molecule has 2 aromatic heterocycles. The van der Waals surface area contributed by atoms with Crippen LogP contribution in [0.5, 0.6) is 0 Å². The third-order valence-corrected chi connectivity index (χ3v) is 4.40. The summed E-state index contributed by atoms with van der Waals surface area (Å²) >= 11 is 0. The van der Waals surface area contributed by atoms with Gasteiger partial charge in [0.15, 0.2) is 0 Å². The van der Waals surface area contributed by atoms with E-state index in [1.54, 1.807) is 36.4 Å². The van der Waals surface area contributed by atoms with Gasteiger partial charge in [-0.25, -0.2) is 4.98 Å². The van der Waals surface area contributed by atoms with E-state index in [9.17, 15) is 18.0 Å². The van der Waals surface area contributed by atoms with Crippen LogP contribution in [0.25, 0.3) is 22.4 Å². The second-order valence-corrected chi connectivity index (χ2v) is 6.43. The molecule has 146 valence electrons. The standard InChI is InChI=1S/C20H14F3N5O/c1-11-5-6-14(10-15(11)20(21,22)23)24-19(29)13-4-2-3-12(9-13)16-7-8-17-18(25-16)27-28-26-17/h2-10H,1H3,(H,24,29)(H,25,26,27,28). The van der Waals surface area contributed by atoms with E-state index < -0.39 is 17.6 Å². The number of fused-ring (bicyclic) bond motifs is 1. The van der Waals surface area contributed by atoms with Crippen LogP contribution in [0.1, 0.15) is 21.5 Å². The van der Waals surface area contributed by atoms with Crippen molar-refractivity contribution in [3.63, 3.8) is 0 Å². The van der Waals surface area contributed by atoms with Crippen molar-refractivity contribution in [1.29, 1.82) is 0 Å². The first kappa shape index (κ1) is 18.6. The first-order valence-electron chi connectivity index (χ1n) is 8.58. The zero-order valence-electron chi connectivity index (χ0n) is 15.1. The van der Waals surface area contributed by atoms with Gasteiger partial charge in [-0.1, -0.05) is 18.2 Å². The molecule has 0 radical (unpaired) electrons. The highest BCUT2D eigenvalue weighted by molar-refractivity contribution is 6.05. The van der Waals surface area contributed by atoms with Crippen LogP contribution in [0, 0.1) is 6.92 Å². The molecule has 1 amide bonds. The quantitative estimate of drug-likeness (QED) is 0.529. The number of H-pyrrole nitrogens is 1. The summed E-state index contributed by atoms with van der Waals surface area (Å²) in [5.41, 5.74) is 1.98. The lowest BCUT2D eigenvalue weighted by atomic mass is 10.1. The minimum atomic E-state index is -4.49. The van der Waals surface area contributed by atoms with Crippen molar-refractivity contribution in [3.8, 4) is 11.3 Å². The van der Waals surface area contributed by atoms with Crippen LogP contribution in [-0.4, -0.2) is 26.3 Å². The van der Waals surface area contributed by atoms with Gasteiger partial charge < -0.3 is 5.32 Å². The molecule has 4 aromatic rings. The molecule has 29 heavy (non-hydrogen) atoms. The third kappa shape index (κ3) is 3.79. The maximum Gasteiger partial charge on any atom is 0.416 e. The third-order valence-electron chi connectivity index (χ3n) is 4.40. The number of anilines is 1. The average Bonchev–Trinajstić information content (AvgIpc) is 3.16. The van der Waals surface area contributed by atoms with Gasteiger partial charge in [0.2, 0.25) is 5.65 Å². The predicted molar refractivity (Wildman–Crippen MR) is 101 cm³/mol. The van der Waals surface area contributed by atoms with Gasteiger partial charge in [-0.05, 0) is 48.9 Å². The second kappa shape index (κ2) is 7.01. The first-order valence-corrected chi connectivity index (χ1v) is 8.58. The van der Waals surface area contributed by atoms with E-state index in [1.165, 1.54) is 19.1 Å². The number of hydrogen-bond donors (Lipinski definition) is 2. The van der Waals surface area contributed by atoms with Crippen LogP contribution >= 0.6 is 0 Å². The molecule has 6 nitrogen and oxygen atoms in total. The van der Waals surface area contributed by atoms with Crippen molar-refractivity contribution < 1.29 is 18.0 Å². The Kier molecular flexibility index (Phi) is 4.50. The van der Waals surface area contributed by atoms with Gasteiger partial charge in [-0.2, -0.15) is 23.5 Å². The number of nitrogens with zero attached hydrogens (tertiary/aromatic N) is 3. The summed E-state index contributed by atoms with van der Waals surface area (Å²) in [4.78, 5) is 17.0. The Morgan fingerprint density at radius 3 is 2.66 bits per heavy atom. The summed E-state index contributed by atoms with van der Waals surface area (Å²) in [6.07, 6.45) is -4.49. The van der Waals surface area contributed by atoms with E-state index >= 15 is 0 Å². The van der Waals surface area contributed by atoms with E-state index in [0.29, 0.717) is 28.0 Å². The summed E-state index contributed by atoms with van der Waals surface area (Å²) < 4.78 is 39.3. The van der Waals surface area contributed by atoms with Crippen molar-refractivity contribution in [3.05, 3.63) is 71.3 Å². The van der Waals surface area contributed by atoms with Crippen LogP contribution in [0.2, 0.25) is 0 Å². The highest BCUT2D eigenvalue weighted by Crippen LogP contribution is 2.33. The molecule has 2 N–H and O–H groups in total. The number of carbonyl (C=O) groups excluding carboxylic acids is 1. The molecule has 0 fully saturated rings. The summed E-state index contributed by atoms with van der Waals surface area (Å²) in [7, 11) is 0. The summed E-state index contributed by atoms with van der Waals surface area (Å²) in [6.45, 7) is 1.37. The van der Waals surface area contributed by atoms with Gasteiger partial charge in [0, 0.05) is 16.8 Å². The molecule has 4 rings (SSSR count). The van der Waals surface area contributed by atoms with Crippen LogP contribution < -0.4 is 5.32 Å². The zero-order valence-corrected chi connectivity index (χ0v) is 15.1. The maximum atomic E-state index is 13.1. The number of aryl methyl sites for hydroxylation is 1. The van der Waals surface area contributed by atoms with E-state index in [2.05, 4.69) is 25.7 Å². The molecule has 0 bridgehead atoms. The van der Waals surface area contributed by atoms with E-state index in [4.69, 9.17) is 0 Å². The van der Waals surface area contributed by atoms with Crippen molar-refractivity contribution in [2.24, 2.45) is 0 Å².